The quantitative estimate of drug-likeness (QED) is 0.748. The zero-order valence-corrected chi connectivity index (χ0v) is 13.9. The highest BCUT2D eigenvalue weighted by atomic mass is 16.1. The number of nitrogens with one attached hydrogen (secondary N) is 1. The van der Waals surface area contributed by atoms with Crippen molar-refractivity contribution in [2.75, 3.05) is 5.32 Å². The van der Waals surface area contributed by atoms with Gasteiger partial charge < -0.3 is 9.72 Å². The summed E-state index contributed by atoms with van der Waals surface area (Å²) < 4.78 is 1.71. The maximum atomic E-state index is 12.4. The number of amides is 1. The van der Waals surface area contributed by atoms with Gasteiger partial charge in [0.1, 0.15) is 5.65 Å². The maximum absolute atomic E-state index is 12.4. The lowest BCUT2D eigenvalue weighted by Gasteiger charge is -2.18. The van der Waals surface area contributed by atoms with Crippen molar-refractivity contribution < 1.29 is 9.59 Å². The summed E-state index contributed by atoms with van der Waals surface area (Å²) >= 11 is 0. The summed E-state index contributed by atoms with van der Waals surface area (Å²) in [4.78, 5) is 27.5. The van der Waals surface area contributed by atoms with E-state index in [9.17, 15) is 9.59 Å². The Morgan fingerprint density at radius 1 is 1.08 bits per heavy atom. The van der Waals surface area contributed by atoms with E-state index >= 15 is 0 Å². The zero-order chi connectivity index (χ0) is 17.3. The smallest absolute Gasteiger partial charge is 0.256 e. The van der Waals surface area contributed by atoms with Crippen LogP contribution in [0, 0.1) is 0 Å². The molecule has 1 aromatic carbocycles. The summed E-state index contributed by atoms with van der Waals surface area (Å²) in [6.45, 7) is 6.39. The Balaban J connectivity index is 1.80. The normalized spacial score (nSPS) is 11.5. The van der Waals surface area contributed by atoms with Crippen LogP contribution in [0.1, 0.15) is 47.1 Å². The minimum Gasteiger partial charge on any atom is -0.305 e. The molecule has 5 heteroatoms. The van der Waals surface area contributed by atoms with Crippen molar-refractivity contribution in [1.29, 1.82) is 0 Å². The Morgan fingerprint density at radius 3 is 2.42 bits per heavy atom. The zero-order valence-electron chi connectivity index (χ0n) is 13.9. The summed E-state index contributed by atoms with van der Waals surface area (Å²) in [6, 6.07) is 11.0. The van der Waals surface area contributed by atoms with Crippen LogP contribution in [0.3, 0.4) is 0 Å². The van der Waals surface area contributed by atoms with E-state index in [0.29, 0.717) is 22.6 Å². The van der Waals surface area contributed by atoms with Crippen molar-refractivity contribution in [2.24, 2.45) is 0 Å². The Hall–Kier alpha value is -2.95. The third-order valence-corrected chi connectivity index (χ3v) is 3.86. The lowest BCUT2D eigenvalue weighted by molar-refractivity contribution is 0.102. The number of anilines is 1. The molecular formula is C19H19N3O2. The van der Waals surface area contributed by atoms with E-state index in [1.165, 1.54) is 5.56 Å². The fraction of sp³-hybridized carbons (Fsp3) is 0.211. The minimum atomic E-state index is -0.213. The number of aldehydes is 1. The van der Waals surface area contributed by atoms with Gasteiger partial charge in [-0.25, -0.2) is 4.98 Å². The third-order valence-electron chi connectivity index (χ3n) is 3.86. The maximum Gasteiger partial charge on any atom is 0.256 e. The molecule has 0 aliphatic carbocycles. The van der Waals surface area contributed by atoms with Gasteiger partial charge in [-0.05, 0) is 35.2 Å². The molecule has 0 bridgehead atoms. The molecule has 0 saturated heterocycles. The van der Waals surface area contributed by atoms with Gasteiger partial charge >= 0.3 is 0 Å². The molecule has 122 valence electrons. The molecule has 3 aromatic rings. The van der Waals surface area contributed by atoms with Gasteiger partial charge in [0, 0.05) is 17.3 Å². The topological polar surface area (TPSA) is 63.5 Å². The molecule has 1 amide bonds. The molecule has 24 heavy (non-hydrogen) atoms. The number of hydrogen-bond donors (Lipinski definition) is 1. The van der Waals surface area contributed by atoms with Crippen LogP contribution < -0.4 is 5.32 Å². The van der Waals surface area contributed by atoms with Crippen LogP contribution in [0.5, 0.6) is 0 Å². The molecule has 0 unspecified atom stereocenters. The third kappa shape index (κ3) is 3.20. The van der Waals surface area contributed by atoms with Crippen molar-refractivity contribution in [1.82, 2.24) is 9.38 Å². The molecule has 5 nitrogen and oxygen atoms in total. The van der Waals surface area contributed by atoms with E-state index in [-0.39, 0.29) is 11.3 Å². The summed E-state index contributed by atoms with van der Waals surface area (Å²) in [7, 11) is 0. The number of carbonyl (C=O) groups excluding carboxylic acids is 2. The molecule has 3 rings (SSSR count). The highest BCUT2D eigenvalue weighted by Crippen LogP contribution is 2.22. The van der Waals surface area contributed by atoms with Crippen LogP contribution in [0.2, 0.25) is 0 Å². The van der Waals surface area contributed by atoms with Crippen LogP contribution in [0.4, 0.5) is 5.82 Å². The summed E-state index contributed by atoms with van der Waals surface area (Å²) in [5.41, 5.74) is 3.02. The first kappa shape index (κ1) is 15.9. The summed E-state index contributed by atoms with van der Waals surface area (Å²) in [5, 5.41) is 2.78. The van der Waals surface area contributed by atoms with Gasteiger partial charge in [-0.3, -0.25) is 9.59 Å². The molecule has 0 fully saturated rings. The van der Waals surface area contributed by atoms with Gasteiger partial charge in [-0.15, -0.1) is 0 Å². The van der Waals surface area contributed by atoms with Gasteiger partial charge in [0.2, 0.25) is 0 Å². The second kappa shape index (κ2) is 5.92. The lowest BCUT2D eigenvalue weighted by Crippen LogP contribution is -2.14. The van der Waals surface area contributed by atoms with Crippen LogP contribution in [0.15, 0.2) is 48.8 Å². The number of aromatic nitrogens is 2. The summed E-state index contributed by atoms with van der Waals surface area (Å²) in [6.07, 6.45) is 4.13. The predicted molar refractivity (Wildman–Crippen MR) is 93.7 cm³/mol. The Morgan fingerprint density at radius 2 is 1.79 bits per heavy atom. The molecular weight excluding hydrogens is 302 g/mol. The molecule has 2 aromatic heterocycles. The minimum absolute atomic E-state index is 0.0485. The van der Waals surface area contributed by atoms with Crippen molar-refractivity contribution in [3.63, 3.8) is 0 Å². The predicted octanol–water partition coefficient (Wildman–Crippen LogP) is 3.70. The highest BCUT2D eigenvalue weighted by molar-refractivity contribution is 6.03. The number of nitrogens with zero attached hydrogens (tertiary/aromatic N) is 2. The summed E-state index contributed by atoms with van der Waals surface area (Å²) in [5.74, 6) is 0.234. The monoisotopic (exact) mass is 321 g/mol. The highest BCUT2D eigenvalue weighted by Gasteiger charge is 2.15. The Kier molecular flexibility index (Phi) is 3.93. The molecule has 0 spiro atoms. The lowest BCUT2D eigenvalue weighted by atomic mass is 9.87. The Bertz CT molecular complexity index is 903. The van der Waals surface area contributed by atoms with E-state index in [4.69, 9.17) is 0 Å². The van der Waals surface area contributed by atoms with E-state index in [1.54, 1.807) is 28.9 Å². The molecule has 0 atom stereocenters. The van der Waals surface area contributed by atoms with Crippen LogP contribution in [-0.4, -0.2) is 21.6 Å². The first-order valence-corrected chi connectivity index (χ1v) is 7.73. The number of rotatable bonds is 3. The molecule has 2 heterocycles. The van der Waals surface area contributed by atoms with E-state index < -0.39 is 0 Å². The average Bonchev–Trinajstić information content (AvgIpc) is 2.95. The molecule has 0 aliphatic heterocycles. The number of pyridine rings is 1. The van der Waals surface area contributed by atoms with Gasteiger partial charge in [-0.1, -0.05) is 32.9 Å². The largest absolute Gasteiger partial charge is 0.305 e. The standard InChI is InChI=1S/C19H19N3O2/c1-19(2,3)15-7-5-14(6-8-15)18(24)21-16-11-22-10-13(12-23)4-9-17(22)20-16/h4-12H,1-3H3,(H,21,24). The van der Waals surface area contributed by atoms with Gasteiger partial charge in [0.25, 0.3) is 5.91 Å². The van der Waals surface area contributed by atoms with E-state index in [2.05, 4.69) is 31.1 Å². The van der Waals surface area contributed by atoms with E-state index in [0.717, 1.165) is 6.29 Å². The molecule has 0 saturated carbocycles. The van der Waals surface area contributed by atoms with Crippen LogP contribution in [0.25, 0.3) is 5.65 Å². The number of benzene rings is 1. The molecule has 1 N–H and O–H groups in total. The van der Waals surface area contributed by atoms with Crippen molar-refractivity contribution in [3.8, 4) is 0 Å². The fourth-order valence-electron chi connectivity index (χ4n) is 2.45. The van der Waals surface area contributed by atoms with E-state index in [1.807, 2.05) is 24.3 Å². The Labute approximate surface area is 140 Å². The molecule has 0 radical (unpaired) electrons. The van der Waals surface area contributed by atoms with Gasteiger partial charge in [0.05, 0.1) is 6.20 Å². The number of imidazole rings is 1. The number of hydrogen-bond acceptors (Lipinski definition) is 3. The van der Waals surface area contributed by atoms with Crippen LogP contribution >= 0.6 is 0 Å². The molecule has 0 aliphatic rings. The van der Waals surface area contributed by atoms with Gasteiger partial charge in [-0.2, -0.15) is 0 Å². The first-order valence-electron chi connectivity index (χ1n) is 7.73. The van der Waals surface area contributed by atoms with Crippen LogP contribution in [-0.2, 0) is 5.41 Å². The van der Waals surface area contributed by atoms with Gasteiger partial charge in [0.15, 0.2) is 12.1 Å². The van der Waals surface area contributed by atoms with Crippen molar-refractivity contribution in [2.45, 2.75) is 26.2 Å². The number of carbonyl (C=O) groups is 2. The number of fused-ring (bicyclic) bond motifs is 1. The average molecular weight is 321 g/mol. The van der Waals surface area contributed by atoms with Crippen molar-refractivity contribution in [3.05, 3.63) is 65.5 Å². The second-order valence-corrected chi connectivity index (χ2v) is 6.75. The SMILES string of the molecule is CC(C)(C)c1ccc(C(=O)Nc2cn3cc(C=O)ccc3n2)cc1. The second-order valence-electron chi connectivity index (χ2n) is 6.75. The van der Waals surface area contributed by atoms with Crippen molar-refractivity contribution >= 4 is 23.7 Å². The fourth-order valence-corrected chi connectivity index (χ4v) is 2.45. The first-order chi connectivity index (χ1) is 11.4.